The van der Waals surface area contributed by atoms with E-state index in [0.29, 0.717) is 0 Å². The standard InChI is InChI=1S/C10H20N3OSi/c1-4-5-6-9(12-13-11)7-8-10(2,3)14-15/h9H,4-8H2,1-3H3. The van der Waals surface area contributed by atoms with Crippen LogP contribution in [0.4, 0.5) is 0 Å². The third kappa shape index (κ3) is 7.42. The van der Waals surface area contributed by atoms with Crippen molar-refractivity contribution >= 4 is 10.5 Å². The monoisotopic (exact) mass is 226 g/mol. The van der Waals surface area contributed by atoms with Crippen LogP contribution >= 0.6 is 0 Å². The van der Waals surface area contributed by atoms with Crippen LogP contribution in [0.1, 0.15) is 52.9 Å². The van der Waals surface area contributed by atoms with Crippen molar-refractivity contribution in [2.75, 3.05) is 0 Å². The van der Waals surface area contributed by atoms with E-state index in [1.165, 1.54) is 0 Å². The average molecular weight is 226 g/mol. The largest absolute Gasteiger partial charge is 0.414 e. The van der Waals surface area contributed by atoms with Gasteiger partial charge in [-0.05, 0) is 38.6 Å². The maximum Gasteiger partial charge on any atom is 0.246 e. The number of hydrogen-bond acceptors (Lipinski definition) is 2. The second-order valence-corrected chi connectivity index (χ2v) is 4.61. The fourth-order valence-electron chi connectivity index (χ4n) is 1.34. The van der Waals surface area contributed by atoms with Crippen LogP contribution in [0.3, 0.4) is 0 Å². The molecule has 0 amide bonds. The predicted molar refractivity (Wildman–Crippen MR) is 62.6 cm³/mol. The SMILES string of the molecule is CCCCC(CCC(C)(C)O[Si])N=[N+]=[N-]. The summed E-state index contributed by atoms with van der Waals surface area (Å²) in [6.45, 7) is 6.15. The van der Waals surface area contributed by atoms with Gasteiger partial charge in [-0.1, -0.05) is 24.9 Å². The highest BCUT2D eigenvalue weighted by Crippen LogP contribution is 2.20. The van der Waals surface area contributed by atoms with Gasteiger partial charge in [0.25, 0.3) is 0 Å². The molecule has 0 aromatic heterocycles. The van der Waals surface area contributed by atoms with Gasteiger partial charge in [0, 0.05) is 16.6 Å². The van der Waals surface area contributed by atoms with Crippen molar-refractivity contribution < 1.29 is 4.43 Å². The molecular formula is C10H20N3OSi. The maximum absolute atomic E-state index is 8.44. The first-order valence-corrected chi connectivity index (χ1v) is 5.85. The minimum atomic E-state index is -0.202. The Morgan fingerprint density at radius 3 is 2.60 bits per heavy atom. The summed E-state index contributed by atoms with van der Waals surface area (Å²) in [6, 6.07) is 0.107. The lowest BCUT2D eigenvalue weighted by Crippen LogP contribution is -2.24. The van der Waals surface area contributed by atoms with Gasteiger partial charge in [-0.15, -0.1) is 0 Å². The van der Waals surface area contributed by atoms with Crippen LogP contribution in [0.5, 0.6) is 0 Å². The molecule has 0 aliphatic carbocycles. The van der Waals surface area contributed by atoms with E-state index < -0.39 is 0 Å². The van der Waals surface area contributed by atoms with Gasteiger partial charge in [-0.25, -0.2) is 0 Å². The molecule has 5 heteroatoms. The molecule has 0 fully saturated rings. The smallest absolute Gasteiger partial charge is 0.246 e. The molecule has 3 radical (unpaired) electrons. The second kappa shape index (κ2) is 7.74. The van der Waals surface area contributed by atoms with Crippen LogP contribution in [0.2, 0.25) is 0 Å². The Morgan fingerprint density at radius 2 is 2.13 bits per heavy atom. The third-order valence-corrected chi connectivity index (χ3v) is 3.01. The number of rotatable bonds is 8. The fraction of sp³-hybridized carbons (Fsp3) is 1.00. The van der Waals surface area contributed by atoms with E-state index in [2.05, 4.69) is 27.4 Å². The quantitative estimate of drug-likeness (QED) is 0.270. The highest BCUT2D eigenvalue weighted by molar-refractivity contribution is 5.98. The van der Waals surface area contributed by atoms with E-state index in [0.717, 1.165) is 32.1 Å². The first kappa shape index (κ1) is 14.5. The van der Waals surface area contributed by atoms with Gasteiger partial charge in [0.2, 0.25) is 10.5 Å². The van der Waals surface area contributed by atoms with Crippen LogP contribution in [0, 0.1) is 0 Å². The van der Waals surface area contributed by atoms with Crippen LogP contribution in [0.15, 0.2) is 5.11 Å². The van der Waals surface area contributed by atoms with Gasteiger partial charge in [-0.3, -0.25) is 0 Å². The molecule has 0 aliphatic heterocycles. The predicted octanol–water partition coefficient (Wildman–Crippen LogP) is 3.51. The summed E-state index contributed by atoms with van der Waals surface area (Å²) in [5, 5.41) is 3.81. The Hall–Kier alpha value is -0.513. The molecule has 0 spiro atoms. The Kier molecular flexibility index (Phi) is 7.47. The van der Waals surface area contributed by atoms with E-state index in [9.17, 15) is 0 Å². The third-order valence-electron chi connectivity index (χ3n) is 2.46. The van der Waals surface area contributed by atoms with Gasteiger partial charge < -0.3 is 4.43 Å². The molecular weight excluding hydrogens is 206 g/mol. The minimum Gasteiger partial charge on any atom is -0.414 e. The summed E-state index contributed by atoms with van der Waals surface area (Å²) in [6.07, 6.45) is 4.97. The molecule has 15 heavy (non-hydrogen) atoms. The summed E-state index contributed by atoms with van der Waals surface area (Å²) in [5.74, 6) is 0. The zero-order valence-corrected chi connectivity index (χ0v) is 10.9. The lowest BCUT2D eigenvalue weighted by atomic mass is 9.97. The van der Waals surface area contributed by atoms with Crippen LogP contribution in [-0.4, -0.2) is 22.1 Å². The van der Waals surface area contributed by atoms with Gasteiger partial charge in [0.15, 0.2) is 0 Å². The molecule has 1 unspecified atom stereocenters. The van der Waals surface area contributed by atoms with Crippen molar-refractivity contribution in [3.63, 3.8) is 0 Å². The van der Waals surface area contributed by atoms with E-state index in [1.807, 2.05) is 13.8 Å². The second-order valence-electron chi connectivity index (χ2n) is 4.40. The molecule has 0 aromatic rings. The first-order valence-electron chi connectivity index (χ1n) is 5.44. The topological polar surface area (TPSA) is 58.0 Å². The molecule has 4 nitrogen and oxygen atoms in total. The number of hydrogen-bond donors (Lipinski definition) is 0. The summed E-state index contributed by atoms with van der Waals surface area (Å²) in [5.41, 5.74) is 8.24. The van der Waals surface area contributed by atoms with E-state index in [4.69, 9.17) is 9.96 Å². The van der Waals surface area contributed by atoms with Crippen molar-refractivity contribution in [2.45, 2.75) is 64.5 Å². The molecule has 0 heterocycles. The molecule has 0 saturated carbocycles. The molecule has 0 aromatic carbocycles. The van der Waals surface area contributed by atoms with E-state index in [1.54, 1.807) is 0 Å². The van der Waals surface area contributed by atoms with Gasteiger partial charge in [0.1, 0.15) is 0 Å². The number of nitrogens with zero attached hydrogens (tertiary/aromatic N) is 3. The summed E-state index contributed by atoms with van der Waals surface area (Å²) in [4.78, 5) is 2.89. The van der Waals surface area contributed by atoms with Gasteiger partial charge in [-0.2, -0.15) is 0 Å². The molecule has 0 rings (SSSR count). The van der Waals surface area contributed by atoms with Crippen LogP contribution in [0.25, 0.3) is 10.4 Å². The molecule has 0 bridgehead atoms. The van der Waals surface area contributed by atoms with Crippen molar-refractivity contribution in [3.05, 3.63) is 10.4 Å². The zero-order chi connectivity index (χ0) is 11.7. The first-order chi connectivity index (χ1) is 7.05. The Balaban J connectivity index is 4.00. The molecule has 0 N–H and O–H groups in total. The Morgan fingerprint density at radius 1 is 1.47 bits per heavy atom. The van der Waals surface area contributed by atoms with Crippen LogP contribution in [-0.2, 0) is 4.43 Å². The minimum absolute atomic E-state index is 0.107. The van der Waals surface area contributed by atoms with Crippen molar-refractivity contribution in [1.82, 2.24) is 0 Å². The lowest BCUT2D eigenvalue weighted by molar-refractivity contribution is 0.107. The Bertz CT molecular complexity index is 215. The summed E-state index contributed by atoms with van der Waals surface area (Å²) >= 11 is 0. The van der Waals surface area contributed by atoms with Crippen molar-refractivity contribution in [3.8, 4) is 0 Å². The van der Waals surface area contributed by atoms with Crippen LogP contribution < -0.4 is 0 Å². The highest BCUT2D eigenvalue weighted by atomic mass is 28.2. The maximum atomic E-state index is 8.44. The van der Waals surface area contributed by atoms with Crippen molar-refractivity contribution in [2.24, 2.45) is 5.11 Å². The average Bonchev–Trinajstić information content (AvgIpc) is 2.22. The molecule has 0 aliphatic rings. The summed E-state index contributed by atoms with van der Waals surface area (Å²) in [7, 11) is 3.06. The lowest BCUT2D eigenvalue weighted by Gasteiger charge is -2.24. The normalized spacial score (nSPS) is 13.3. The summed E-state index contributed by atoms with van der Waals surface area (Å²) < 4.78 is 5.14. The molecule has 0 saturated heterocycles. The molecule has 85 valence electrons. The number of unbranched alkanes of at least 4 members (excludes halogenated alkanes) is 1. The number of azide groups is 1. The fourth-order valence-corrected chi connectivity index (χ4v) is 1.44. The van der Waals surface area contributed by atoms with E-state index in [-0.39, 0.29) is 11.6 Å². The van der Waals surface area contributed by atoms with Gasteiger partial charge >= 0.3 is 0 Å². The molecule has 1 atom stereocenters. The van der Waals surface area contributed by atoms with E-state index >= 15 is 0 Å². The Labute approximate surface area is 95.6 Å². The van der Waals surface area contributed by atoms with Crippen molar-refractivity contribution in [1.29, 1.82) is 0 Å². The highest BCUT2D eigenvalue weighted by Gasteiger charge is 2.18. The zero-order valence-electron chi connectivity index (χ0n) is 9.86. The van der Waals surface area contributed by atoms with Gasteiger partial charge in [0.05, 0.1) is 0 Å².